The third-order valence-electron chi connectivity index (χ3n) is 5.90. The Bertz CT molecular complexity index is 1180. The lowest BCUT2D eigenvalue weighted by molar-refractivity contribution is -0.137. The van der Waals surface area contributed by atoms with Crippen LogP contribution in [0.3, 0.4) is 0 Å². The molecule has 0 saturated heterocycles. The van der Waals surface area contributed by atoms with Crippen molar-refractivity contribution in [3.05, 3.63) is 89.9 Å². The van der Waals surface area contributed by atoms with Crippen LogP contribution in [0.1, 0.15) is 25.0 Å². The third-order valence-corrected chi connectivity index (χ3v) is 5.90. The van der Waals surface area contributed by atoms with E-state index in [2.05, 4.69) is 29.0 Å². The van der Waals surface area contributed by atoms with Gasteiger partial charge in [-0.25, -0.2) is 0 Å². The Morgan fingerprint density at radius 2 is 1.53 bits per heavy atom. The van der Waals surface area contributed by atoms with Gasteiger partial charge >= 0.3 is 0 Å². The highest BCUT2D eigenvalue weighted by molar-refractivity contribution is 6.36. The number of ether oxygens (including phenoxy) is 1. The van der Waals surface area contributed by atoms with Crippen molar-refractivity contribution >= 4 is 28.8 Å². The van der Waals surface area contributed by atoms with Gasteiger partial charge in [-0.1, -0.05) is 12.1 Å². The summed E-state index contributed by atoms with van der Waals surface area (Å²) in [5.41, 5.74) is 3.93. The molecule has 0 atom stereocenters. The fourth-order valence-corrected chi connectivity index (χ4v) is 4.02. The van der Waals surface area contributed by atoms with Crippen molar-refractivity contribution < 1.29 is 14.3 Å². The van der Waals surface area contributed by atoms with E-state index in [4.69, 9.17) is 4.74 Å². The van der Waals surface area contributed by atoms with Crippen molar-refractivity contribution in [3.63, 3.8) is 0 Å². The molecule has 7 heteroatoms. The van der Waals surface area contributed by atoms with Crippen LogP contribution >= 0.6 is 0 Å². The number of hydrogen-bond acceptors (Lipinski definition) is 6. The summed E-state index contributed by atoms with van der Waals surface area (Å²) < 4.78 is 5.25. The van der Waals surface area contributed by atoms with Gasteiger partial charge in [-0.2, -0.15) is 0 Å². The summed E-state index contributed by atoms with van der Waals surface area (Å²) in [6.07, 6.45) is 3.30. The Balaban J connectivity index is 1.68. The molecule has 2 amide bonds. The van der Waals surface area contributed by atoms with Crippen molar-refractivity contribution in [1.29, 1.82) is 0 Å². The predicted molar refractivity (Wildman–Crippen MR) is 133 cm³/mol. The Hall–Kier alpha value is -4.13. The van der Waals surface area contributed by atoms with E-state index < -0.39 is 0 Å². The molecule has 3 aromatic rings. The molecule has 1 N–H and O–H groups in total. The number of anilines is 2. The zero-order valence-electron chi connectivity index (χ0n) is 19.6. The molecule has 174 valence electrons. The number of amides is 2. The largest absolute Gasteiger partial charge is 0.497 e. The average molecular weight is 457 g/mol. The molecule has 0 radical (unpaired) electrons. The first kappa shape index (κ1) is 23.0. The smallest absolute Gasteiger partial charge is 0.278 e. The van der Waals surface area contributed by atoms with Crippen LogP contribution in [0.5, 0.6) is 5.75 Å². The average Bonchev–Trinajstić information content (AvgIpc) is 3.10. The monoisotopic (exact) mass is 456 g/mol. The zero-order valence-corrected chi connectivity index (χ0v) is 19.6. The molecule has 1 aromatic heterocycles. The first-order valence-electron chi connectivity index (χ1n) is 11.3. The summed E-state index contributed by atoms with van der Waals surface area (Å²) >= 11 is 0. The molecule has 0 unspecified atom stereocenters. The summed E-state index contributed by atoms with van der Waals surface area (Å²) in [5, 5.41) is 3.22. The van der Waals surface area contributed by atoms with Crippen molar-refractivity contribution in [2.24, 2.45) is 0 Å². The summed E-state index contributed by atoms with van der Waals surface area (Å²) in [5.74, 6) is -0.0223. The number of nitrogens with zero attached hydrogens (tertiary/aromatic N) is 3. The number of benzene rings is 2. The summed E-state index contributed by atoms with van der Waals surface area (Å²) in [6.45, 7) is 6.22. The molecule has 1 aliphatic heterocycles. The molecule has 0 saturated carbocycles. The second-order valence-corrected chi connectivity index (χ2v) is 7.87. The molecule has 0 aliphatic carbocycles. The van der Waals surface area contributed by atoms with Crippen molar-refractivity contribution in [2.45, 2.75) is 20.4 Å². The van der Waals surface area contributed by atoms with E-state index in [9.17, 15) is 9.59 Å². The number of methoxy groups -OCH3 is 1. The molecule has 0 bridgehead atoms. The molecular formula is C27H28N4O3. The standard InChI is InChI=1S/C27H28N4O3/c1-4-30(5-2)22-10-8-21(9-11-22)29-25-24(20-6-12-23(34-3)13-7-20)26(32)31(27(25)33)18-19-14-16-28-17-15-19/h6-17,29H,4-5,18H2,1-3H3. The third kappa shape index (κ3) is 4.64. The molecule has 0 fully saturated rings. The van der Waals surface area contributed by atoms with Crippen molar-refractivity contribution in [2.75, 3.05) is 30.4 Å². The quantitative estimate of drug-likeness (QED) is 0.483. The zero-order chi connectivity index (χ0) is 24.1. The SMILES string of the molecule is CCN(CC)c1ccc(NC2=C(c3ccc(OC)cc3)C(=O)N(Cc3ccncc3)C2=O)cc1. The molecule has 4 rings (SSSR count). The maximum Gasteiger partial charge on any atom is 0.278 e. The van der Waals surface area contributed by atoms with Crippen LogP contribution < -0.4 is 15.0 Å². The van der Waals surface area contributed by atoms with E-state index >= 15 is 0 Å². The van der Waals surface area contributed by atoms with Crippen LogP contribution in [-0.2, 0) is 16.1 Å². The van der Waals surface area contributed by atoms with Crippen LogP contribution in [0.2, 0.25) is 0 Å². The molecular weight excluding hydrogens is 428 g/mol. The number of carbonyl (C=O) groups is 2. The lowest BCUT2D eigenvalue weighted by Gasteiger charge is -2.21. The lowest BCUT2D eigenvalue weighted by Crippen LogP contribution is -2.32. The Morgan fingerprint density at radius 1 is 0.882 bits per heavy atom. The minimum absolute atomic E-state index is 0.173. The summed E-state index contributed by atoms with van der Waals surface area (Å²) in [6, 6.07) is 18.6. The van der Waals surface area contributed by atoms with E-state index in [0.29, 0.717) is 16.9 Å². The van der Waals surface area contributed by atoms with Crippen LogP contribution in [0, 0.1) is 0 Å². The van der Waals surface area contributed by atoms with E-state index in [0.717, 1.165) is 30.0 Å². The minimum Gasteiger partial charge on any atom is -0.497 e. The number of hydrogen-bond donors (Lipinski definition) is 1. The maximum atomic E-state index is 13.5. The van der Waals surface area contributed by atoms with Crippen molar-refractivity contribution in [3.8, 4) is 5.75 Å². The van der Waals surface area contributed by atoms with Crippen molar-refractivity contribution in [1.82, 2.24) is 9.88 Å². The van der Waals surface area contributed by atoms with Gasteiger partial charge < -0.3 is 15.0 Å². The number of carbonyl (C=O) groups excluding carboxylic acids is 2. The number of pyridine rings is 1. The highest BCUT2D eigenvalue weighted by Crippen LogP contribution is 2.32. The van der Waals surface area contributed by atoms with Gasteiger partial charge in [0, 0.05) is 36.9 Å². The van der Waals surface area contributed by atoms with Gasteiger partial charge in [0.05, 0.1) is 19.2 Å². The van der Waals surface area contributed by atoms with Crippen LogP contribution in [0.15, 0.2) is 78.8 Å². The Kier molecular flexibility index (Phi) is 6.92. The summed E-state index contributed by atoms with van der Waals surface area (Å²) in [4.78, 5) is 34.4. The van der Waals surface area contributed by atoms with Gasteiger partial charge in [0.15, 0.2) is 0 Å². The number of aromatic nitrogens is 1. The van der Waals surface area contributed by atoms with E-state index in [1.807, 2.05) is 24.3 Å². The first-order chi connectivity index (χ1) is 16.5. The van der Waals surface area contributed by atoms with Gasteiger partial charge in [-0.05, 0) is 73.5 Å². The van der Waals surface area contributed by atoms with Crippen LogP contribution in [0.25, 0.3) is 5.57 Å². The topological polar surface area (TPSA) is 74.8 Å². The second kappa shape index (κ2) is 10.2. The molecule has 0 spiro atoms. The van der Waals surface area contributed by atoms with Gasteiger partial charge in [0.1, 0.15) is 11.4 Å². The Labute approximate surface area is 199 Å². The predicted octanol–water partition coefficient (Wildman–Crippen LogP) is 4.33. The van der Waals surface area contributed by atoms with E-state index in [1.165, 1.54) is 4.90 Å². The molecule has 7 nitrogen and oxygen atoms in total. The van der Waals surface area contributed by atoms with Gasteiger partial charge in [0.25, 0.3) is 11.8 Å². The maximum absolute atomic E-state index is 13.5. The number of nitrogens with one attached hydrogen (secondary N) is 1. The fraction of sp³-hybridized carbons (Fsp3) is 0.222. The highest BCUT2D eigenvalue weighted by atomic mass is 16.5. The van der Waals surface area contributed by atoms with Gasteiger partial charge in [-0.3, -0.25) is 19.5 Å². The minimum atomic E-state index is -0.361. The lowest BCUT2D eigenvalue weighted by atomic mass is 10.0. The highest BCUT2D eigenvalue weighted by Gasteiger charge is 2.39. The van der Waals surface area contributed by atoms with E-state index in [1.54, 1.807) is 55.9 Å². The first-order valence-corrected chi connectivity index (χ1v) is 11.3. The summed E-state index contributed by atoms with van der Waals surface area (Å²) in [7, 11) is 1.59. The van der Waals surface area contributed by atoms with Gasteiger partial charge in [-0.15, -0.1) is 0 Å². The Morgan fingerprint density at radius 3 is 2.12 bits per heavy atom. The molecule has 34 heavy (non-hydrogen) atoms. The number of rotatable bonds is 9. The fourth-order valence-electron chi connectivity index (χ4n) is 4.02. The van der Waals surface area contributed by atoms with Crippen LogP contribution in [-0.4, -0.2) is 41.9 Å². The number of imide groups is 1. The van der Waals surface area contributed by atoms with E-state index in [-0.39, 0.29) is 24.1 Å². The van der Waals surface area contributed by atoms with Crippen LogP contribution in [0.4, 0.5) is 11.4 Å². The molecule has 2 aromatic carbocycles. The normalized spacial score (nSPS) is 13.4. The van der Waals surface area contributed by atoms with Gasteiger partial charge in [0.2, 0.25) is 0 Å². The molecule has 1 aliphatic rings. The molecule has 2 heterocycles. The second-order valence-electron chi connectivity index (χ2n) is 7.87.